The molecule has 1 atom stereocenters. The molecule has 0 fully saturated rings. The molecule has 1 heterocycles. The molecule has 2 nitrogen and oxygen atoms in total. The predicted octanol–water partition coefficient (Wildman–Crippen LogP) is 3.96. The van der Waals surface area contributed by atoms with Gasteiger partial charge in [-0.05, 0) is 36.6 Å². The number of nitrogens with one attached hydrogen (secondary N) is 1. The van der Waals surface area contributed by atoms with Crippen LogP contribution in [-0.4, -0.2) is 11.0 Å². The van der Waals surface area contributed by atoms with Crippen LogP contribution >= 0.6 is 0 Å². The Labute approximate surface area is 125 Å². The van der Waals surface area contributed by atoms with E-state index in [2.05, 4.69) is 71.8 Å². The molecule has 1 N–H and O–H groups in total. The highest BCUT2D eigenvalue weighted by atomic mass is 14.9. The monoisotopic (exact) mass is 276 g/mol. The second kappa shape index (κ2) is 6.51. The van der Waals surface area contributed by atoms with Crippen LogP contribution in [0, 0.1) is 0 Å². The maximum atomic E-state index is 4.41. The summed E-state index contributed by atoms with van der Waals surface area (Å²) < 4.78 is 0. The van der Waals surface area contributed by atoms with Crippen LogP contribution in [0.3, 0.4) is 0 Å². The van der Waals surface area contributed by atoms with Gasteiger partial charge >= 0.3 is 0 Å². The zero-order valence-corrected chi connectivity index (χ0v) is 12.3. The topological polar surface area (TPSA) is 24.9 Å². The number of benzene rings is 2. The lowest BCUT2D eigenvalue weighted by molar-refractivity contribution is 0.547. The van der Waals surface area contributed by atoms with Gasteiger partial charge in [-0.25, -0.2) is 0 Å². The van der Waals surface area contributed by atoms with E-state index in [9.17, 15) is 0 Å². The summed E-state index contributed by atoms with van der Waals surface area (Å²) in [6.45, 7) is 3.10. The Morgan fingerprint density at radius 1 is 0.952 bits per heavy atom. The maximum Gasteiger partial charge on any atom is 0.0705 e. The van der Waals surface area contributed by atoms with Gasteiger partial charge < -0.3 is 5.32 Å². The lowest BCUT2D eigenvalue weighted by atomic mass is 10.1. The lowest BCUT2D eigenvalue weighted by Crippen LogP contribution is -2.27. The summed E-state index contributed by atoms with van der Waals surface area (Å²) in [5.41, 5.74) is 3.74. The van der Waals surface area contributed by atoms with Gasteiger partial charge in [-0.15, -0.1) is 0 Å². The van der Waals surface area contributed by atoms with Crippen LogP contribution in [0.15, 0.2) is 66.9 Å². The molecule has 0 aliphatic rings. The van der Waals surface area contributed by atoms with Gasteiger partial charge in [0.1, 0.15) is 0 Å². The van der Waals surface area contributed by atoms with Crippen molar-refractivity contribution in [3.05, 3.63) is 78.0 Å². The zero-order valence-electron chi connectivity index (χ0n) is 12.3. The molecule has 1 aromatic heterocycles. The molecule has 106 valence electrons. The summed E-state index contributed by atoms with van der Waals surface area (Å²) in [6.07, 6.45) is 2.94. The number of hydrogen-bond acceptors (Lipinski definition) is 2. The van der Waals surface area contributed by atoms with E-state index in [-0.39, 0.29) is 0 Å². The Kier molecular flexibility index (Phi) is 4.27. The van der Waals surface area contributed by atoms with Crippen molar-refractivity contribution in [1.82, 2.24) is 10.3 Å². The van der Waals surface area contributed by atoms with E-state index >= 15 is 0 Å². The molecule has 2 heteroatoms. The van der Waals surface area contributed by atoms with E-state index in [1.54, 1.807) is 0 Å². The van der Waals surface area contributed by atoms with E-state index in [4.69, 9.17) is 0 Å². The fourth-order valence-electron chi connectivity index (χ4n) is 2.63. The standard InChI is InChI=1S/C19H20N2/c1-15(13-16-7-3-2-4-8-16)21-14-17-11-12-20-19-10-6-5-9-18(17)19/h2-12,15,21H,13-14H2,1H3. The first-order chi connectivity index (χ1) is 10.3. The van der Waals surface area contributed by atoms with Crippen LogP contribution in [0.2, 0.25) is 0 Å². The maximum absolute atomic E-state index is 4.41. The number of fused-ring (bicyclic) bond motifs is 1. The number of hydrogen-bond donors (Lipinski definition) is 1. The van der Waals surface area contributed by atoms with Crippen molar-refractivity contribution in [3.63, 3.8) is 0 Å². The van der Waals surface area contributed by atoms with Crippen molar-refractivity contribution < 1.29 is 0 Å². The molecule has 2 aromatic carbocycles. The van der Waals surface area contributed by atoms with E-state index in [0.29, 0.717) is 6.04 Å². The minimum absolute atomic E-state index is 0.444. The average molecular weight is 276 g/mol. The summed E-state index contributed by atoms with van der Waals surface area (Å²) in [5, 5.41) is 4.85. The summed E-state index contributed by atoms with van der Waals surface area (Å²) in [5.74, 6) is 0. The fourth-order valence-corrected chi connectivity index (χ4v) is 2.63. The van der Waals surface area contributed by atoms with Crippen molar-refractivity contribution in [2.24, 2.45) is 0 Å². The Hall–Kier alpha value is -2.19. The molecule has 0 saturated carbocycles. The molecule has 0 aliphatic heterocycles. The van der Waals surface area contributed by atoms with Crippen LogP contribution in [0.25, 0.3) is 10.9 Å². The molecular formula is C19H20N2. The third-order valence-electron chi connectivity index (χ3n) is 3.77. The van der Waals surface area contributed by atoms with Crippen LogP contribution in [0.1, 0.15) is 18.1 Å². The van der Waals surface area contributed by atoms with Gasteiger partial charge in [-0.2, -0.15) is 0 Å². The Morgan fingerprint density at radius 2 is 1.71 bits per heavy atom. The first-order valence-corrected chi connectivity index (χ1v) is 7.43. The second-order valence-corrected chi connectivity index (χ2v) is 5.46. The number of rotatable bonds is 5. The first kappa shape index (κ1) is 13.8. The predicted molar refractivity (Wildman–Crippen MR) is 88.2 cm³/mol. The Morgan fingerprint density at radius 3 is 2.57 bits per heavy atom. The van der Waals surface area contributed by atoms with Crippen LogP contribution in [0.5, 0.6) is 0 Å². The first-order valence-electron chi connectivity index (χ1n) is 7.43. The van der Waals surface area contributed by atoms with Gasteiger partial charge in [0.25, 0.3) is 0 Å². The highest BCUT2D eigenvalue weighted by Gasteiger charge is 2.05. The van der Waals surface area contributed by atoms with Gasteiger partial charge in [-0.1, -0.05) is 48.5 Å². The normalized spacial score (nSPS) is 12.4. The SMILES string of the molecule is CC(Cc1ccccc1)NCc1ccnc2ccccc12. The zero-order chi connectivity index (χ0) is 14.5. The highest BCUT2D eigenvalue weighted by Crippen LogP contribution is 2.16. The number of aromatic nitrogens is 1. The lowest BCUT2D eigenvalue weighted by Gasteiger charge is -2.15. The second-order valence-electron chi connectivity index (χ2n) is 5.46. The summed E-state index contributed by atoms with van der Waals surface area (Å²) in [6, 6.07) is 21.5. The quantitative estimate of drug-likeness (QED) is 0.763. The van der Waals surface area contributed by atoms with Gasteiger partial charge in [0.2, 0.25) is 0 Å². The summed E-state index contributed by atoms with van der Waals surface area (Å²) >= 11 is 0. The fraction of sp³-hybridized carbons (Fsp3) is 0.211. The number of nitrogens with zero attached hydrogens (tertiary/aromatic N) is 1. The van der Waals surface area contributed by atoms with Gasteiger partial charge in [0.15, 0.2) is 0 Å². The summed E-state index contributed by atoms with van der Waals surface area (Å²) in [4.78, 5) is 4.41. The average Bonchev–Trinajstić information content (AvgIpc) is 2.54. The van der Waals surface area contributed by atoms with E-state index in [0.717, 1.165) is 18.5 Å². The molecular weight excluding hydrogens is 256 g/mol. The van der Waals surface area contributed by atoms with Crippen molar-refractivity contribution in [3.8, 4) is 0 Å². The molecule has 3 rings (SSSR count). The van der Waals surface area contributed by atoms with Crippen LogP contribution in [-0.2, 0) is 13.0 Å². The summed E-state index contributed by atoms with van der Waals surface area (Å²) in [7, 11) is 0. The van der Waals surface area contributed by atoms with E-state index in [1.165, 1.54) is 16.5 Å². The number of pyridine rings is 1. The Bertz CT molecular complexity index is 702. The van der Waals surface area contributed by atoms with Gasteiger partial charge in [-0.3, -0.25) is 4.98 Å². The molecule has 0 radical (unpaired) electrons. The molecule has 3 aromatic rings. The third-order valence-corrected chi connectivity index (χ3v) is 3.77. The number of para-hydroxylation sites is 1. The largest absolute Gasteiger partial charge is 0.310 e. The van der Waals surface area contributed by atoms with Crippen LogP contribution in [0.4, 0.5) is 0 Å². The minimum Gasteiger partial charge on any atom is -0.310 e. The molecule has 21 heavy (non-hydrogen) atoms. The minimum atomic E-state index is 0.444. The van der Waals surface area contributed by atoms with Crippen molar-refractivity contribution in [2.45, 2.75) is 25.9 Å². The molecule has 0 spiro atoms. The molecule has 0 aliphatic carbocycles. The van der Waals surface area contributed by atoms with Crippen LogP contribution < -0.4 is 5.32 Å². The van der Waals surface area contributed by atoms with E-state index in [1.807, 2.05) is 12.3 Å². The van der Waals surface area contributed by atoms with Crippen molar-refractivity contribution in [1.29, 1.82) is 0 Å². The van der Waals surface area contributed by atoms with Crippen molar-refractivity contribution >= 4 is 10.9 Å². The molecule has 0 saturated heterocycles. The third kappa shape index (κ3) is 3.47. The molecule has 0 bridgehead atoms. The van der Waals surface area contributed by atoms with E-state index < -0.39 is 0 Å². The smallest absolute Gasteiger partial charge is 0.0705 e. The van der Waals surface area contributed by atoms with Crippen molar-refractivity contribution in [2.75, 3.05) is 0 Å². The van der Waals surface area contributed by atoms with Gasteiger partial charge in [0, 0.05) is 24.2 Å². The molecule has 1 unspecified atom stereocenters. The van der Waals surface area contributed by atoms with Gasteiger partial charge in [0.05, 0.1) is 5.52 Å². The Balaban J connectivity index is 1.66. The molecule has 0 amide bonds. The highest BCUT2D eigenvalue weighted by molar-refractivity contribution is 5.81.